The monoisotopic (exact) mass is 371 g/mol. The van der Waals surface area contributed by atoms with Gasteiger partial charge in [0.25, 0.3) is 10.0 Å². The molecule has 0 heterocycles. The molecule has 0 aliphatic rings. The van der Waals surface area contributed by atoms with Gasteiger partial charge in [0.15, 0.2) is 0 Å². The Morgan fingerprint density at radius 2 is 1.86 bits per heavy atom. The highest BCUT2D eigenvalue weighted by Crippen LogP contribution is 2.26. The molecule has 0 saturated carbocycles. The van der Waals surface area contributed by atoms with Crippen LogP contribution in [0.15, 0.2) is 51.8 Å². The van der Waals surface area contributed by atoms with E-state index in [0.29, 0.717) is 0 Å². The van der Waals surface area contributed by atoms with Crippen LogP contribution in [-0.4, -0.2) is 24.6 Å². The molecular weight excluding hydrogens is 362 g/mol. The maximum absolute atomic E-state index is 12.3. The smallest absolute Gasteiger partial charge is 0.335 e. The molecule has 0 spiro atoms. The number of carboxylic acid groups (broad SMARTS) is 1. The van der Waals surface area contributed by atoms with Crippen LogP contribution >= 0.6 is 15.9 Å². The fraction of sp³-hybridized carbons (Fsp3) is 0. The first kappa shape index (κ1) is 15.3. The lowest BCUT2D eigenvalue weighted by Crippen LogP contribution is -2.14. The van der Waals surface area contributed by atoms with Crippen LogP contribution in [0.25, 0.3) is 0 Å². The molecule has 0 saturated heterocycles. The number of hydrogen-bond acceptors (Lipinski definition) is 4. The fourth-order valence-corrected chi connectivity index (χ4v) is 3.66. The molecule has 0 fully saturated rings. The maximum atomic E-state index is 12.3. The van der Waals surface area contributed by atoms with Gasteiger partial charge in [0.1, 0.15) is 10.6 Å². The lowest BCUT2D eigenvalue weighted by atomic mass is 10.2. The zero-order valence-corrected chi connectivity index (χ0v) is 12.8. The summed E-state index contributed by atoms with van der Waals surface area (Å²) in [5.74, 6) is -1.31. The van der Waals surface area contributed by atoms with Crippen LogP contribution in [0.4, 0.5) is 5.69 Å². The summed E-state index contributed by atoms with van der Waals surface area (Å²) in [5, 5.41) is 18.3. The van der Waals surface area contributed by atoms with Crippen LogP contribution in [0.2, 0.25) is 0 Å². The maximum Gasteiger partial charge on any atom is 0.335 e. The lowest BCUT2D eigenvalue weighted by molar-refractivity contribution is 0.0696. The number of aromatic carboxylic acids is 1. The largest absolute Gasteiger partial charge is 0.508 e. The topological polar surface area (TPSA) is 104 Å². The van der Waals surface area contributed by atoms with Gasteiger partial charge in [0, 0.05) is 10.5 Å². The number of anilines is 1. The number of carbonyl (C=O) groups is 1. The first-order chi connectivity index (χ1) is 9.79. The van der Waals surface area contributed by atoms with Gasteiger partial charge >= 0.3 is 5.97 Å². The summed E-state index contributed by atoms with van der Waals surface area (Å²) in [6, 6.07) is 9.28. The Balaban J connectivity index is 2.44. The molecule has 0 atom stereocenters. The van der Waals surface area contributed by atoms with Crippen molar-refractivity contribution in [1.82, 2.24) is 0 Å². The molecule has 8 heteroatoms. The van der Waals surface area contributed by atoms with Gasteiger partial charge in [-0.1, -0.05) is 6.07 Å². The number of nitrogens with one attached hydrogen (secondary N) is 1. The number of halogens is 1. The minimum atomic E-state index is -3.99. The normalized spacial score (nSPS) is 11.1. The summed E-state index contributed by atoms with van der Waals surface area (Å²) in [6.07, 6.45) is 0. The minimum Gasteiger partial charge on any atom is -0.508 e. The SMILES string of the molecule is O=C(O)c1ccc(Br)c(S(=O)(=O)Nc2cccc(O)c2)c1. The van der Waals surface area contributed by atoms with Crippen molar-refractivity contribution in [2.75, 3.05) is 4.72 Å². The Morgan fingerprint density at radius 3 is 2.48 bits per heavy atom. The number of carboxylic acids is 1. The van der Waals surface area contributed by atoms with E-state index in [0.717, 1.165) is 6.07 Å². The third-order valence-corrected chi connectivity index (χ3v) is 4.94. The highest BCUT2D eigenvalue weighted by atomic mass is 79.9. The second-order valence-electron chi connectivity index (χ2n) is 4.11. The number of phenolic OH excluding ortho intramolecular Hbond substituents is 1. The third kappa shape index (κ3) is 3.53. The quantitative estimate of drug-likeness (QED) is 0.766. The van der Waals surface area contributed by atoms with E-state index in [9.17, 15) is 18.3 Å². The van der Waals surface area contributed by atoms with E-state index >= 15 is 0 Å². The van der Waals surface area contributed by atoms with Gasteiger partial charge in [-0.25, -0.2) is 13.2 Å². The predicted octanol–water partition coefficient (Wildman–Crippen LogP) is 2.65. The van der Waals surface area contributed by atoms with E-state index in [1.807, 2.05) is 0 Å². The Morgan fingerprint density at radius 1 is 1.14 bits per heavy atom. The minimum absolute atomic E-state index is 0.0893. The van der Waals surface area contributed by atoms with E-state index in [1.54, 1.807) is 0 Å². The third-order valence-electron chi connectivity index (χ3n) is 2.57. The van der Waals surface area contributed by atoms with Crippen molar-refractivity contribution in [3.8, 4) is 5.75 Å². The fourth-order valence-electron chi connectivity index (χ4n) is 1.62. The van der Waals surface area contributed by atoms with Gasteiger partial charge in [-0.3, -0.25) is 4.72 Å². The molecule has 0 aromatic heterocycles. The molecule has 0 radical (unpaired) electrons. The number of hydrogen-bond donors (Lipinski definition) is 3. The Labute approximate surface area is 129 Å². The van der Waals surface area contributed by atoms with Crippen molar-refractivity contribution >= 4 is 37.6 Å². The molecular formula is C13H10BrNO5S. The Kier molecular flexibility index (Phi) is 4.19. The number of sulfonamides is 1. The second kappa shape index (κ2) is 5.74. The van der Waals surface area contributed by atoms with Crippen molar-refractivity contribution in [2.24, 2.45) is 0 Å². The lowest BCUT2D eigenvalue weighted by Gasteiger charge is -2.10. The van der Waals surface area contributed by atoms with Gasteiger partial charge in [0.05, 0.1) is 11.3 Å². The van der Waals surface area contributed by atoms with Crippen LogP contribution in [0.3, 0.4) is 0 Å². The summed E-state index contributed by atoms with van der Waals surface area (Å²) in [4.78, 5) is 10.7. The van der Waals surface area contributed by atoms with Gasteiger partial charge < -0.3 is 10.2 Å². The molecule has 2 aromatic carbocycles. The second-order valence-corrected chi connectivity index (χ2v) is 6.61. The zero-order chi connectivity index (χ0) is 15.6. The van der Waals surface area contributed by atoms with E-state index in [2.05, 4.69) is 20.7 Å². The van der Waals surface area contributed by atoms with E-state index in [4.69, 9.17) is 5.11 Å². The van der Waals surface area contributed by atoms with E-state index in [1.165, 1.54) is 36.4 Å². The van der Waals surface area contributed by atoms with Crippen molar-refractivity contribution in [1.29, 1.82) is 0 Å². The molecule has 2 aromatic rings. The van der Waals surface area contributed by atoms with Crippen LogP contribution < -0.4 is 4.72 Å². The van der Waals surface area contributed by atoms with Crippen LogP contribution in [-0.2, 0) is 10.0 Å². The highest BCUT2D eigenvalue weighted by Gasteiger charge is 2.20. The average molecular weight is 372 g/mol. The highest BCUT2D eigenvalue weighted by molar-refractivity contribution is 9.10. The molecule has 0 unspecified atom stereocenters. The predicted molar refractivity (Wildman–Crippen MR) is 80.0 cm³/mol. The molecule has 0 amide bonds. The van der Waals surface area contributed by atoms with E-state index in [-0.39, 0.29) is 26.4 Å². The first-order valence-corrected chi connectivity index (χ1v) is 7.92. The van der Waals surface area contributed by atoms with Crippen LogP contribution in [0.1, 0.15) is 10.4 Å². The van der Waals surface area contributed by atoms with Crippen molar-refractivity contribution in [2.45, 2.75) is 4.90 Å². The number of phenols is 1. The Hall–Kier alpha value is -2.06. The molecule has 0 aliphatic heterocycles. The van der Waals surface area contributed by atoms with Crippen molar-refractivity contribution < 1.29 is 23.4 Å². The van der Waals surface area contributed by atoms with Crippen LogP contribution in [0, 0.1) is 0 Å². The molecule has 0 bridgehead atoms. The number of rotatable bonds is 4. The van der Waals surface area contributed by atoms with Gasteiger partial charge in [-0.05, 0) is 46.3 Å². The van der Waals surface area contributed by atoms with Crippen molar-refractivity contribution in [3.63, 3.8) is 0 Å². The summed E-state index contributed by atoms with van der Waals surface area (Å²) < 4.78 is 27.1. The summed E-state index contributed by atoms with van der Waals surface area (Å²) >= 11 is 3.08. The molecule has 0 aliphatic carbocycles. The molecule has 110 valence electrons. The number of aromatic hydroxyl groups is 1. The standard InChI is InChI=1S/C13H10BrNO5S/c14-11-5-4-8(13(17)18)6-12(11)21(19,20)15-9-2-1-3-10(16)7-9/h1-7,15-16H,(H,17,18). The summed E-state index contributed by atoms with van der Waals surface area (Å²) in [5.41, 5.74) is 0.0251. The summed E-state index contributed by atoms with van der Waals surface area (Å²) in [6.45, 7) is 0. The Bertz CT molecular complexity index is 804. The van der Waals surface area contributed by atoms with Crippen molar-refractivity contribution in [3.05, 3.63) is 52.5 Å². The first-order valence-electron chi connectivity index (χ1n) is 5.64. The molecule has 3 N–H and O–H groups in total. The average Bonchev–Trinajstić information content (AvgIpc) is 2.38. The van der Waals surface area contributed by atoms with Gasteiger partial charge in [-0.15, -0.1) is 0 Å². The summed E-state index contributed by atoms with van der Waals surface area (Å²) in [7, 11) is -3.99. The molecule has 2 rings (SSSR count). The van der Waals surface area contributed by atoms with Gasteiger partial charge in [-0.2, -0.15) is 0 Å². The zero-order valence-electron chi connectivity index (χ0n) is 10.4. The molecule has 21 heavy (non-hydrogen) atoms. The molecule has 6 nitrogen and oxygen atoms in total. The van der Waals surface area contributed by atoms with Gasteiger partial charge in [0.2, 0.25) is 0 Å². The van der Waals surface area contributed by atoms with Crippen LogP contribution in [0.5, 0.6) is 5.75 Å². The number of benzene rings is 2. The van der Waals surface area contributed by atoms with E-state index < -0.39 is 16.0 Å².